The van der Waals surface area contributed by atoms with Crippen LogP contribution in [0.3, 0.4) is 0 Å². The number of aromatic nitrogens is 1. The Morgan fingerprint density at radius 2 is 2.25 bits per heavy atom. The second-order valence-electron chi connectivity index (χ2n) is 3.17. The van der Waals surface area contributed by atoms with Gasteiger partial charge in [0.25, 0.3) is 0 Å². The van der Waals surface area contributed by atoms with E-state index >= 15 is 0 Å². The minimum atomic E-state index is -1.10. The second kappa shape index (κ2) is 5.11. The van der Waals surface area contributed by atoms with Crippen molar-refractivity contribution < 1.29 is 14.7 Å². The molecule has 0 atom stereocenters. The summed E-state index contributed by atoms with van der Waals surface area (Å²) in [7, 11) is 1.62. The Labute approximate surface area is 92.9 Å². The summed E-state index contributed by atoms with van der Waals surface area (Å²) in [6.45, 7) is 2.36. The second-order valence-corrected chi connectivity index (χ2v) is 3.17. The Balaban J connectivity index is 2.89. The van der Waals surface area contributed by atoms with Gasteiger partial charge in [-0.2, -0.15) is 0 Å². The standard InChI is InChI=1S/C10H13N3O3/c1-3-13(2)10(16)12-8-6-11-5-4-7(8)9(14)15/h4-6H,3H2,1-2H3,(H,12,16)(H,14,15). The van der Waals surface area contributed by atoms with Crippen LogP contribution in [0.5, 0.6) is 0 Å². The average molecular weight is 223 g/mol. The van der Waals surface area contributed by atoms with Gasteiger partial charge in [-0.3, -0.25) is 4.98 Å². The van der Waals surface area contributed by atoms with E-state index in [1.165, 1.54) is 23.4 Å². The third-order valence-electron chi connectivity index (χ3n) is 2.11. The van der Waals surface area contributed by atoms with Crippen molar-refractivity contribution in [2.75, 3.05) is 18.9 Å². The Morgan fingerprint density at radius 3 is 2.81 bits per heavy atom. The lowest BCUT2D eigenvalue weighted by Gasteiger charge is -2.16. The fraction of sp³-hybridized carbons (Fsp3) is 0.300. The molecule has 0 aliphatic heterocycles. The van der Waals surface area contributed by atoms with E-state index in [0.29, 0.717) is 6.54 Å². The van der Waals surface area contributed by atoms with Gasteiger partial charge >= 0.3 is 12.0 Å². The number of anilines is 1. The van der Waals surface area contributed by atoms with Crippen molar-refractivity contribution >= 4 is 17.7 Å². The van der Waals surface area contributed by atoms with Crippen molar-refractivity contribution in [1.29, 1.82) is 0 Å². The Kier molecular flexibility index (Phi) is 3.82. The van der Waals surface area contributed by atoms with Gasteiger partial charge in [0.15, 0.2) is 0 Å². The van der Waals surface area contributed by atoms with Crippen molar-refractivity contribution in [3.05, 3.63) is 24.0 Å². The fourth-order valence-corrected chi connectivity index (χ4v) is 1.03. The van der Waals surface area contributed by atoms with Crippen molar-refractivity contribution in [2.45, 2.75) is 6.92 Å². The quantitative estimate of drug-likeness (QED) is 0.808. The zero-order chi connectivity index (χ0) is 12.1. The monoisotopic (exact) mass is 223 g/mol. The summed E-state index contributed by atoms with van der Waals surface area (Å²) >= 11 is 0. The Bertz CT molecular complexity index is 406. The van der Waals surface area contributed by atoms with Gasteiger partial charge in [-0.1, -0.05) is 0 Å². The summed E-state index contributed by atoms with van der Waals surface area (Å²) in [5, 5.41) is 11.4. The maximum atomic E-state index is 11.5. The highest BCUT2D eigenvalue weighted by Gasteiger charge is 2.13. The highest BCUT2D eigenvalue weighted by molar-refractivity contribution is 5.99. The van der Waals surface area contributed by atoms with Crippen LogP contribution in [0.2, 0.25) is 0 Å². The van der Waals surface area contributed by atoms with Gasteiger partial charge in [-0.25, -0.2) is 9.59 Å². The van der Waals surface area contributed by atoms with Crippen LogP contribution in [0, 0.1) is 0 Å². The third-order valence-corrected chi connectivity index (χ3v) is 2.11. The van der Waals surface area contributed by atoms with E-state index in [0.717, 1.165) is 0 Å². The maximum Gasteiger partial charge on any atom is 0.337 e. The van der Waals surface area contributed by atoms with Crippen LogP contribution in [0.4, 0.5) is 10.5 Å². The number of aromatic carboxylic acids is 1. The first-order valence-electron chi connectivity index (χ1n) is 4.75. The normalized spacial score (nSPS) is 9.62. The molecular weight excluding hydrogens is 210 g/mol. The molecule has 1 rings (SSSR count). The first-order valence-corrected chi connectivity index (χ1v) is 4.75. The summed E-state index contributed by atoms with van der Waals surface area (Å²) in [5.74, 6) is -1.10. The number of rotatable bonds is 3. The van der Waals surface area contributed by atoms with Gasteiger partial charge in [0.1, 0.15) is 0 Å². The summed E-state index contributed by atoms with van der Waals surface area (Å²) in [5.41, 5.74) is 0.216. The van der Waals surface area contributed by atoms with E-state index in [1.807, 2.05) is 6.92 Å². The molecule has 1 heterocycles. The molecular formula is C10H13N3O3. The van der Waals surface area contributed by atoms with Crippen LogP contribution in [-0.4, -0.2) is 40.6 Å². The largest absolute Gasteiger partial charge is 0.478 e. The lowest BCUT2D eigenvalue weighted by molar-refractivity contribution is 0.0698. The third kappa shape index (κ3) is 2.69. The summed E-state index contributed by atoms with van der Waals surface area (Å²) in [4.78, 5) is 27.6. The molecule has 0 aliphatic carbocycles. The number of nitrogens with zero attached hydrogens (tertiary/aromatic N) is 2. The van der Waals surface area contributed by atoms with Gasteiger partial charge < -0.3 is 15.3 Å². The Hall–Kier alpha value is -2.11. The minimum Gasteiger partial charge on any atom is -0.478 e. The summed E-state index contributed by atoms with van der Waals surface area (Å²) < 4.78 is 0. The highest BCUT2D eigenvalue weighted by Crippen LogP contribution is 2.13. The van der Waals surface area contributed by atoms with Crippen LogP contribution < -0.4 is 5.32 Å². The SMILES string of the molecule is CCN(C)C(=O)Nc1cnccc1C(=O)O. The van der Waals surface area contributed by atoms with Gasteiger partial charge in [0.05, 0.1) is 17.4 Å². The predicted octanol–water partition coefficient (Wildman–Crippen LogP) is 1.26. The van der Waals surface area contributed by atoms with Gasteiger partial charge in [0.2, 0.25) is 0 Å². The lowest BCUT2D eigenvalue weighted by Crippen LogP contribution is -2.31. The number of carboxylic acids is 1. The number of urea groups is 1. The first kappa shape index (κ1) is 12.0. The molecule has 0 radical (unpaired) electrons. The van der Waals surface area contributed by atoms with E-state index in [2.05, 4.69) is 10.3 Å². The average Bonchev–Trinajstić information content (AvgIpc) is 2.28. The van der Waals surface area contributed by atoms with Crippen molar-refractivity contribution in [2.24, 2.45) is 0 Å². The van der Waals surface area contributed by atoms with Crippen LogP contribution >= 0.6 is 0 Å². The molecule has 6 heteroatoms. The molecule has 0 fully saturated rings. The molecule has 1 aromatic rings. The van der Waals surface area contributed by atoms with Gasteiger partial charge in [-0.15, -0.1) is 0 Å². The van der Waals surface area contributed by atoms with Gasteiger partial charge in [0, 0.05) is 19.8 Å². The number of pyridine rings is 1. The van der Waals surface area contributed by atoms with E-state index in [1.54, 1.807) is 7.05 Å². The molecule has 0 aromatic carbocycles. The molecule has 0 aliphatic rings. The summed E-state index contributed by atoms with van der Waals surface area (Å²) in [6.07, 6.45) is 2.67. The van der Waals surface area contributed by atoms with Crippen LogP contribution in [0.1, 0.15) is 17.3 Å². The van der Waals surface area contributed by atoms with Crippen LogP contribution in [0.25, 0.3) is 0 Å². The zero-order valence-corrected chi connectivity index (χ0v) is 9.10. The molecule has 0 saturated heterocycles. The van der Waals surface area contributed by atoms with Crippen LogP contribution in [-0.2, 0) is 0 Å². The highest BCUT2D eigenvalue weighted by atomic mass is 16.4. The van der Waals surface area contributed by atoms with Crippen molar-refractivity contribution in [3.63, 3.8) is 0 Å². The molecule has 6 nitrogen and oxygen atoms in total. The van der Waals surface area contributed by atoms with Crippen LogP contribution in [0.15, 0.2) is 18.5 Å². The van der Waals surface area contributed by atoms with E-state index in [4.69, 9.17) is 5.11 Å². The number of hydrogen-bond acceptors (Lipinski definition) is 3. The number of carbonyl (C=O) groups excluding carboxylic acids is 1. The van der Waals surface area contributed by atoms with E-state index < -0.39 is 5.97 Å². The number of amides is 2. The molecule has 0 saturated carbocycles. The molecule has 0 bridgehead atoms. The van der Waals surface area contributed by atoms with E-state index in [-0.39, 0.29) is 17.3 Å². The van der Waals surface area contributed by atoms with Crippen molar-refractivity contribution in [3.8, 4) is 0 Å². The maximum absolute atomic E-state index is 11.5. The number of nitrogens with one attached hydrogen (secondary N) is 1. The fourth-order valence-electron chi connectivity index (χ4n) is 1.03. The lowest BCUT2D eigenvalue weighted by atomic mass is 10.2. The smallest absolute Gasteiger partial charge is 0.337 e. The predicted molar refractivity (Wildman–Crippen MR) is 58.5 cm³/mol. The molecule has 86 valence electrons. The molecule has 0 unspecified atom stereocenters. The molecule has 2 amide bonds. The van der Waals surface area contributed by atoms with Crippen molar-refractivity contribution in [1.82, 2.24) is 9.88 Å². The zero-order valence-electron chi connectivity index (χ0n) is 9.10. The molecule has 1 aromatic heterocycles. The molecule has 0 spiro atoms. The molecule has 16 heavy (non-hydrogen) atoms. The number of carbonyl (C=O) groups is 2. The first-order chi connectivity index (χ1) is 7.56. The Morgan fingerprint density at radius 1 is 1.56 bits per heavy atom. The molecule has 2 N–H and O–H groups in total. The number of carboxylic acid groups (broad SMARTS) is 1. The number of hydrogen-bond donors (Lipinski definition) is 2. The topological polar surface area (TPSA) is 82.5 Å². The summed E-state index contributed by atoms with van der Waals surface area (Å²) in [6, 6.07) is 0.974. The van der Waals surface area contributed by atoms with Gasteiger partial charge in [-0.05, 0) is 13.0 Å². The minimum absolute atomic E-state index is 0.0212. The van der Waals surface area contributed by atoms with E-state index in [9.17, 15) is 9.59 Å².